The van der Waals surface area contributed by atoms with Crippen molar-refractivity contribution < 1.29 is 13.9 Å². The molecule has 1 rings (SSSR count). The Hall–Kier alpha value is -0.880. The third-order valence-corrected chi connectivity index (χ3v) is 3.54. The van der Waals surface area contributed by atoms with Crippen LogP contribution in [0.2, 0.25) is 0 Å². The van der Waals surface area contributed by atoms with Gasteiger partial charge in [0, 0.05) is 38.9 Å². The van der Waals surface area contributed by atoms with Gasteiger partial charge in [-0.25, -0.2) is 0 Å². The lowest BCUT2D eigenvalue weighted by Crippen LogP contribution is -2.38. The van der Waals surface area contributed by atoms with Crippen LogP contribution < -0.4 is 5.32 Å². The Balaban J connectivity index is 2.62. The summed E-state index contributed by atoms with van der Waals surface area (Å²) in [6, 6.07) is 2.37. The van der Waals surface area contributed by atoms with Crippen LogP contribution in [0.1, 0.15) is 31.6 Å². The Morgan fingerprint density at radius 2 is 2.14 bits per heavy atom. The van der Waals surface area contributed by atoms with Crippen molar-refractivity contribution in [3.8, 4) is 0 Å². The fourth-order valence-electron chi connectivity index (χ4n) is 2.26. The Morgan fingerprint density at radius 1 is 1.33 bits per heavy atom. The Kier molecular flexibility index (Phi) is 9.34. The maximum absolute atomic E-state index is 5.67. The predicted molar refractivity (Wildman–Crippen MR) is 84.3 cm³/mol. The number of hydrogen-bond donors (Lipinski definition) is 1. The van der Waals surface area contributed by atoms with Crippen LogP contribution in [0.15, 0.2) is 16.7 Å². The van der Waals surface area contributed by atoms with E-state index in [9.17, 15) is 0 Å². The largest absolute Gasteiger partial charge is 0.468 e. The summed E-state index contributed by atoms with van der Waals surface area (Å²) in [5, 5.41) is 3.42. The van der Waals surface area contributed by atoms with Crippen LogP contribution in [0, 0.1) is 0 Å². The van der Waals surface area contributed by atoms with Crippen LogP contribution in [0.4, 0.5) is 0 Å². The first-order chi connectivity index (χ1) is 10.2. The van der Waals surface area contributed by atoms with Gasteiger partial charge in [-0.15, -0.1) is 0 Å². The fourth-order valence-corrected chi connectivity index (χ4v) is 2.26. The molecule has 0 saturated heterocycles. The molecule has 1 aromatic rings. The summed E-state index contributed by atoms with van der Waals surface area (Å²) < 4.78 is 16.1. The summed E-state index contributed by atoms with van der Waals surface area (Å²) in [5.74, 6) is 1.03. The van der Waals surface area contributed by atoms with E-state index in [1.165, 1.54) is 5.56 Å². The third kappa shape index (κ3) is 6.61. The quantitative estimate of drug-likeness (QED) is 0.600. The number of furan rings is 1. The van der Waals surface area contributed by atoms with Crippen LogP contribution >= 0.6 is 0 Å². The zero-order valence-corrected chi connectivity index (χ0v) is 13.9. The second kappa shape index (κ2) is 10.8. The SMILES string of the molecule is CCCNCc1ccoc1CN(CCOC)C(C)COC. The van der Waals surface area contributed by atoms with E-state index >= 15 is 0 Å². The van der Waals surface area contributed by atoms with Gasteiger partial charge in [0.25, 0.3) is 0 Å². The third-order valence-electron chi connectivity index (χ3n) is 3.54. The fraction of sp³-hybridized carbons (Fsp3) is 0.750. The van der Waals surface area contributed by atoms with Gasteiger partial charge in [-0.3, -0.25) is 4.90 Å². The topological polar surface area (TPSA) is 46.9 Å². The van der Waals surface area contributed by atoms with Crippen molar-refractivity contribution in [3.63, 3.8) is 0 Å². The minimum atomic E-state index is 0.326. The lowest BCUT2D eigenvalue weighted by atomic mass is 10.2. The molecular weight excluding hydrogens is 268 g/mol. The molecule has 0 fully saturated rings. The first-order valence-corrected chi connectivity index (χ1v) is 7.70. The molecule has 0 aliphatic rings. The van der Waals surface area contributed by atoms with Gasteiger partial charge in [0.15, 0.2) is 0 Å². The summed E-state index contributed by atoms with van der Waals surface area (Å²) in [6.07, 6.45) is 2.91. The van der Waals surface area contributed by atoms with Gasteiger partial charge in [0.1, 0.15) is 5.76 Å². The van der Waals surface area contributed by atoms with Crippen molar-refractivity contribution in [1.29, 1.82) is 0 Å². The molecule has 0 bridgehead atoms. The number of methoxy groups -OCH3 is 2. The van der Waals surface area contributed by atoms with Crippen molar-refractivity contribution >= 4 is 0 Å². The number of rotatable bonds is 12. The van der Waals surface area contributed by atoms with E-state index in [0.29, 0.717) is 19.3 Å². The van der Waals surface area contributed by atoms with E-state index in [2.05, 4.69) is 24.1 Å². The van der Waals surface area contributed by atoms with Crippen molar-refractivity contribution in [1.82, 2.24) is 10.2 Å². The van der Waals surface area contributed by atoms with Gasteiger partial charge in [-0.1, -0.05) is 6.92 Å². The molecule has 21 heavy (non-hydrogen) atoms. The maximum atomic E-state index is 5.67. The molecule has 5 nitrogen and oxygen atoms in total. The van der Waals surface area contributed by atoms with Crippen LogP contribution in [-0.4, -0.2) is 51.5 Å². The second-order valence-electron chi connectivity index (χ2n) is 5.31. The number of nitrogens with one attached hydrogen (secondary N) is 1. The molecule has 1 N–H and O–H groups in total. The first kappa shape index (κ1) is 18.2. The second-order valence-corrected chi connectivity index (χ2v) is 5.31. The van der Waals surface area contributed by atoms with Crippen LogP contribution in [0.3, 0.4) is 0 Å². The molecule has 0 spiro atoms. The van der Waals surface area contributed by atoms with Crippen LogP contribution in [-0.2, 0) is 22.6 Å². The number of hydrogen-bond acceptors (Lipinski definition) is 5. The molecule has 0 aromatic carbocycles. The van der Waals surface area contributed by atoms with E-state index in [4.69, 9.17) is 13.9 Å². The smallest absolute Gasteiger partial charge is 0.122 e. The average molecular weight is 298 g/mol. The molecule has 0 radical (unpaired) electrons. The highest BCUT2D eigenvalue weighted by molar-refractivity contribution is 5.17. The summed E-state index contributed by atoms with van der Waals surface area (Å²) in [7, 11) is 3.46. The van der Waals surface area contributed by atoms with Gasteiger partial charge in [0.05, 0.1) is 26.0 Å². The molecule has 1 atom stereocenters. The molecule has 5 heteroatoms. The summed E-state index contributed by atoms with van der Waals surface area (Å²) in [6.45, 7) is 9.27. The van der Waals surface area contributed by atoms with Gasteiger partial charge in [-0.05, 0) is 26.0 Å². The van der Waals surface area contributed by atoms with Crippen LogP contribution in [0.25, 0.3) is 0 Å². The Labute approximate surface area is 128 Å². The summed E-state index contributed by atoms with van der Waals surface area (Å²) in [4.78, 5) is 2.33. The minimum absolute atomic E-state index is 0.326. The van der Waals surface area contributed by atoms with Gasteiger partial charge < -0.3 is 19.2 Å². The summed E-state index contributed by atoms with van der Waals surface area (Å²) in [5.41, 5.74) is 1.23. The molecule has 0 aliphatic heterocycles. The zero-order chi connectivity index (χ0) is 15.5. The first-order valence-electron chi connectivity index (χ1n) is 7.70. The highest BCUT2D eigenvalue weighted by atomic mass is 16.5. The van der Waals surface area contributed by atoms with Crippen molar-refractivity contribution in [2.45, 2.75) is 39.4 Å². The van der Waals surface area contributed by atoms with E-state index < -0.39 is 0 Å². The van der Waals surface area contributed by atoms with Crippen LogP contribution in [0.5, 0.6) is 0 Å². The minimum Gasteiger partial charge on any atom is -0.468 e. The number of ether oxygens (including phenoxy) is 2. The van der Waals surface area contributed by atoms with Gasteiger partial charge in [-0.2, -0.15) is 0 Å². The van der Waals surface area contributed by atoms with E-state index in [1.807, 2.05) is 6.07 Å². The molecule has 1 aromatic heterocycles. The van der Waals surface area contributed by atoms with Crippen molar-refractivity contribution in [2.75, 3.05) is 40.5 Å². The molecule has 122 valence electrons. The lowest BCUT2D eigenvalue weighted by Gasteiger charge is -2.27. The Bertz CT molecular complexity index is 368. The van der Waals surface area contributed by atoms with Crippen molar-refractivity contribution in [2.24, 2.45) is 0 Å². The molecule has 0 amide bonds. The normalized spacial score (nSPS) is 13.0. The molecule has 1 heterocycles. The lowest BCUT2D eigenvalue weighted by molar-refractivity contribution is 0.0661. The highest BCUT2D eigenvalue weighted by Gasteiger charge is 2.17. The van der Waals surface area contributed by atoms with E-state index in [0.717, 1.165) is 38.4 Å². The predicted octanol–water partition coefficient (Wildman–Crippen LogP) is 2.26. The van der Waals surface area contributed by atoms with E-state index in [1.54, 1.807) is 20.5 Å². The van der Waals surface area contributed by atoms with Gasteiger partial charge >= 0.3 is 0 Å². The highest BCUT2D eigenvalue weighted by Crippen LogP contribution is 2.15. The van der Waals surface area contributed by atoms with E-state index in [-0.39, 0.29) is 0 Å². The van der Waals surface area contributed by atoms with Crippen molar-refractivity contribution in [3.05, 3.63) is 23.7 Å². The molecule has 0 aliphatic carbocycles. The molecule has 1 unspecified atom stereocenters. The Morgan fingerprint density at radius 3 is 2.81 bits per heavy atom. The number of nitrogens with zero attached hydrogens (tertiary/aromatic N) is 1. The monoisotopic (exact) mass is 298 g/mol. The molecular formula is C16H30N2O3. The summed E-state index contributed by atoms with van der Waals surface area (Å²) >= 11 is 0. The van der Waals surface area contributed by atoms with Gasteiger partial charge in [0.2, 0.25) is 0 Å². The molecule has 0 saturated carbocycles. The standard InChI is InChI=1S/C16H30N2O3/c1-5-7-17-11-15-6-9-21-16(15)12-18(8-10-19-3)14(2)13-20-4/h6,9,14,17H,5,7-8,10-13H2,1-4H3. The average Bonchev–Trinajstić information content (AvgIpc) is 2.91. The maximum Gasteiger partial charge on any atom is 0.122 e. The zero-order valence-electron chi connectivity index (χ0n) is 13.9.